The molecule has 0 aromatic rings. The summed E-state index contributed by atoms with van der Waals surface area (Å²) in [4.78, 5) is 0. The van der Waals surface area contributed by atoms with E-state index in [9.17, 15) is 8.42 Å². The van der Waals surface area contributed by atoms with Crippen molar-refractivity contribution in [1.82, 2.24) is 5.06 Å². The number of hydroxylamine groups is 2. The third-order valence-corrected chi connectivity index (χ3v) is 1.41. The summed E-state index contributed by atoms with van der Waals surface area (Å²) in [7, 11) is -4.26. The molecule has 0 atom stereocenters. The largest absolute Gasteiger partial charge is 0.413 e. The maximum Gasteiger partial charge on any atom is 0.413 e. The summed E-state index contributed by atoms with van der Waals surface area (Å²) < 4.78 is 31.9. The fourth-order valence-electron chi connectivity index (χ4n) is 0.495. The molecule has 5 nitrogen and oxygen atoms in total. The standard InChI is InChI=1S/C3H7NO4S/c5-9(6,7)8-4-2-1-3-4/h1-3H2,(H,5,6,7). The Labute approximate surface area is 53.1 Å². The lowest BCUT2D eigenvalue weighted by Crippen LogP contribution is -2.38. The highest BCUT2D eigenvalue weighted by atomic mass is 32.3. The van der Waals surface area contributed by atoms with Gasteiger partial charge in [-0.05, 0) is 6.42 Å². The highest BCUT2D eigenvalue weighted by Gasteiger charge is 2.20. The van der Waals surface area contributed by atoms with Gasteiger partial charge in [0, 0.05) is 13.1 Å². The van der Waals surface area contributed by atoms with Gasteiger partial charge in [0.05, 0.1) is 0 Å². The highest BCUT2D eigenvalue weighted by molar-refractivity contribution is 7.80. The molecule has 0 saturated carbocycles. The smallest absolute Gasteiger partial charge is 0.262 e. The van der Waals surface area contributed by atoms with Crippen molar-refractivity contribution in [1.29, 1.82) is 0 Å². The van der Waals surface area contributed by atoms with E-state index in [2.05, 4.69) is 4.28 Å². The van der Waals surface area contributed by atoms with E-state index in [1.54, 1.807) is 0 Å². The van der Waals surface area contributed by atoms with Crippen molar-refractivity contribution in [2.45, 2.75) is 6.42 Å². The van der Waals surface area contributed by atoms with Gasteiger partial charge < -0.3 is 0 Å². The minimum atomic E-state index is -4.26. The molecule has 1 N–H and O–H groups in total. The van der Waals surface area contributed by atoms with Crippen molar-refractivity contribution >= 4 is 10.4 Å². The average Bonchev–Trinajstić information content (AvgIpc) is 1.53. The van der Waals surface area contributed by atoms with Gasteiger partial charge in [-0.25, -0.2) is 0 Å². The van der Waals surface area contributed by atoms with Crippen LogP contribution in [0.5, 0.6) is 0 Å². The monoisotopic (exact) mass is 153 g/mol. The summed E-state index contributed by atoms with van der Waals surface area (Å²) >= 11 is 0. The van der Waals surface area contributed by atoms with Crippen LogP contribution < -0.4 is 0 Å². The molecule has 0 spiro atoms. The summed E-state index contributed by atoms with van der Waals surface area (Å²) in [6, 6.07) is 0. The van der Waals surface area contributed by atoms with E-state index in [4.69, 9.17) is 4.55 Å². The van der Waals surface area contributed by atoms with E-state index in [0.29, 0.717) is 13.1 Å². The number of nitrogens with zero attached hydrogens (tertiary/aromatic N) is 1. The predicted molar refractivity (Wildman–Crippen MR) is 28.8 cm³/mol. The van der Waals surface area contributed by atoms with Gasteiger partial charge in [0.25, 0.3) is 0 Å². The van der Waals surface area contributed by atoms with Crippen LogP contribution in [0.1, 0.15) is 6.42 Å². The first-order valence-corrected chi connectivity index (χ1v) is 3.86. The van der Waals surface area contributed by atoms with E-state index in [1.807, 2.05) is 0 Å². The van der Waals surface area contributed by atoms with E-state index in [-0.39, 0.29) is 0 Å². The van der Waals surface area contributed by atoms with Gasteiger partial charge in [0.1, 0.15) is 0 Å². The third-order valence-electron chi connectivity index (χ3n) is 1.01. The van der Waals surface area contributed by atoms with Crippen molar-refractivity contribution in [3.05, 3.63) is 0 Å². The molecule has 0 unspecified atom stereocenters. The van der Waals surface area contributed by atoms with Gasteiger partial charge in [-0.15, -0.1) is 0 Å². The van der Waals surface area contributed by atoms with Crippen LogP contribution in [-0.4, -0.2) is 31.1 Å². The normalized spacial score (nSPS) is 21.4. The number of rotatable bonds is 2. The minimum Gasteiger partial charge on any atom is -0.262 e. The van der Waals surface area contributed by atoms with Crippen LogP contribution in [0.25, 0.3) is 0 Å². The van der Waals surface area contributed by atoms with Crippen molar-refractivity contribution in [3.63, 3.8) is 0 Å². The van der Waals surface area contributed by atoms with E-state index >= 15 is 0 Å². The molecule has 0 amide bonds. The molecule has 0 aliphatic carbocycles. The Bertz CT molecular complexity index is 182. The van der Waals surface area contributed by atoms with Gasteiger partial charge in [0.15, 0.2) is 0 Å². The molecule has 0 bridgehead atoms. The van der Waals surface area contributed by atoms with Crippen molar-refractivity contribution in [2.75, 3.05) is 13.1 Å². The molecule has 1 saturated heterocycles. The van der Waals surface area contributed by atoms with Crippen LogP contribution in [0.15, 0.2) is 0 Å². The molecule has 1 fully saturated rings. The molecule has 1 aliphatic heterocycles. The molecule has 6 heteroatoms. The van der Waals surface area contributed by atoms with Crippen LogP contribution in [-0.2, 0) is 14.7 Å². The molecule has 1 rings (SSSR count). The molecule has 0 aromatic heterocycles. The second-order valence-electron chi connectivity index (χ2n) is 1.78. The molecule has 1 heterocycles. The van der Waals surface area contributed by atoms with Gasteiger partial charge in [-0.2, -0.15) is 17.8 Å². The van der Waals surface area contributed by atoms with Gasteiger partial charge in [0.2, 0.25) is 0 Å². The first-order chi connectivity index (χ1) is 4.08. The topological polar surface area (TPSA) is 66.8 Å². The highest BCUT2D eigenvalue weighted by Crippen LogP contribution is 2.07. The van der Waals surface area contributed by atoms with Crippen molar-refractivity contribution in [2.24, 2.45) is 0 Å². The van der Waals surface area contributed by atoms with Gasteiger partial charge in [-0.3, -0.25) is 4.55 Å². The van der Waals surface area contributed by atoms with Crippen LogP contribution in [0.2, 0.25) is 0 Å². The Morgan fingerprint density at radius 3 is 2.11 bits per heavy atom. The average molecular weight is 153 g/mol. The second kappa shape index (κ2) is 2.22. The molecule has 0 radical (unpaired) electrons. The number of hydrogen-bond acceptors (Lipinski definition) is 4. The summed E-state index contributed by atoms with van der Waals surface area (Å²) in [6.07, 6.45) is 0.912. The number of hydrogen-bond donors (Lipinski definition) is 1. The molecular weight excluding hydrogens is 146 g/mol. The van der Waals surface area contributed by atoms with E-state index in [0.717, 1.165) is 6.42 Å². The van der Waals surface area contributed by atoms with Gasteiger partial charge in [-0.1, -0.05) is 0 Å². The first-order valence-electron chi connectivity index (χ1n) is 2.50. The molecule has 0 aromatic carbocycles. The SMILES string of the molecule is O=S(=O)(O)ON1CCC1. The van der Waals surface area contributed by atoms with Gasteiger partial charge >= 0.3 is 10.4 Å². The molecular formula is C3H7NO4S. The lowest BCUT2D eigenvalue weighted by Gasteiger charge is -2.26. The van der Waals surface area contributed by atoms with Crippen LogP contribution in [0.4, 0.5) is 0 Å². The Balaban J connectivity index is 2.33. The summed E-state index contributed by atoms with van der Waals surface area (Å²) in [5.74, 6) is 0. The fourth-order valence-corrected chi connectivity index (χ4v) is 0.910. The Hall–Kier alpha value is -0.170. The van der Waals surface area contributed by atoms with Crippen LogP contribution in [0.3, 0.4) is 0 Å². The minimum absolute atomic E-state index is 0.569. The Kier molecular flexibility index (Phi) is 1.71. The third kappa shape index (κ3) is 2.27. The zero-order valence-electron chi connectivity index (χ0n) is 4.65. The van der Waals surface area contributed by atoms with Crippen molar-refractivity contribution in [3.8, 4) is 0 Å². The zero-order valence-corrected chi connectivity index (χ0v) is 5.47. The maximum absolute atomic E-state index is 9.93. The summed E-state index contributed by atoms with van der Waals surface area (Å²) in [6.45, 7) is 1.14. The van der Waals surface area contributed by atoms with Crippen molar-refractivity contribution < 1.29 is 17.3 Å². The van der Waals surface area contributed by atoms with Crippen LogP contribution in [0, 0.1) is 0 Å². The maximum atomic E-state index is 9.93. The van der Waals surface area contributed by atoms with E-state index in [1.165, 1.54) is 5.06 Å². The zero-order chi connectivity index (χ0) is 6.91. The Morgan fingerprint density at radius 2 is 2.00 bits per heavy atom. The van der Waals surface area contributed by atoms with Crippen LogP contribution >= 0.6 is 0 Å². The van der Waals surface area contributed by atoms with E-state index < -0.39 is 10.4 Å². The molecule has 1 aliphatic rings. The second-order valence-corrected chi connectivity index (χ2v) is 2.79. The lowest BCUT2D eigenvalue weighted by molar-refractivity contribution is -0.108. The molecule has 54 valence electrons. The molecule has 9 heavy (non-hydrogen) atoms. The predicted octanol–water partition coefficient (Wildman–Crippen LogP) is -0.573. The summed E-state index contributed by atoms with van der Waals surface area (Å²) in [5.41, 5.74) is 0. The lowest BCUT2D eigenvalue weighted by atomic mass is 10.3. The summed E-state index contributed by atoms with van der Waals surface area (Å²) in [5, 5.41) is 1.18. The fraction of sp³-hybridized carbons (Fsp3) is 1.00. The first kappa shape index (κ1) is 6.94. The Morgan fingerprint density at radius 1 is 1.44 bits per heavy atom. The quantitative estimate of drug-likeness (QED) is 0.538.